The minimum atomic E-state index is 0.132. The third kappa shape index (κ3) is 5.97. The third-order valence-electron chi connectivity index (χ3n) is 8.96. The molecule has 206 valence electrons. The number of hydrogen-bond acceptors (Lipinski definition) is 4. The van der Waals surface area contributed by atoms with E-state index in [4.69, 9.17) is 0 Å². The molecule has 1 N–H and O–H groups in total. The predicted octanol–water partition coefficient (Wildman–Crippen LogP) is 4.89. The van der Waals surface area contributed by atoms with Gasteiger partial charge in [0.25, 0.3) is 11.5 Å². The number of nitrogens with zero attached hydrogens (tertiary/aromatic N) is 3. The lowest BCUT2D eigenvalue weighted by Gasteiger charge is -2.27. The lowest BCUT2D eigenvalue weighted by molar-refractivity contribution is 0.0724. The first-order valence-electron chi connectivity index (χ1n) is 15.2. The molecule has 39 heavy (non-hydrogen) atoms. The topological polar surface area (TPSA) is 57.6 Å². The quantitative estimate of drug-likeness (QED) is 0.454. The van der Waals surface area contributed by atoms with Crippen molar-refractivity contribution in [1.29, 1.82) is 0 Å². The summed E-state index contributed by atoms with van der Waals surface area (Å²) >= 11 is 0. The molecule has 0 unspecified atom stereocenters. The summed E-state index contributed by atoms with van der Waals surface area (Å²) in [6.45, 7) is 6.90. The third-order valence-corrected chi connectivity index (χ3v) is 8.96. The number of nitrogens with one attached hydrogen (secondary N) is 1. The highest BCUT2D eigenvalue weighted by atomic mass is 16.2. The van der Waals surface area contributed by atoms with Gasteiger partial charge in [-0.25, -0.2) is 0 Å². The highest BCUT2D eigenvalue weighted by Crippen LogP contribution is 2.27. The summed E-state index contributed by atoms with van der Waals surface area (Å²) in [5.74, 6) is 0.141. The number of carbonyl (C=O) groups is 1. The van der Waals surface area contributed by atoms with E-state index in [-0.39, 0.29) is 11.5 Å². The Labute approximate surface area is 232 Å². The predicted molar refractivity (Wildman–Crippen MR) is 157 cm³/mol. The van der Waals surface area contributed by atoms with E-state index in [1.165, 1.54) is 48.6 Å². The first kappa shape index (κ1) is 26.3. The van der Waals surface area contributed by atoms with Crippen LogP contribution in [0.4, 0.5) is 0 Å². The summed E-state index contributed by atoms with van der Waals surface area (Å²) in [6, 6.07) is 14.7. The van der Waals surface area contributed by atoms with Gasteiger partial charge in [-0.2, -0.15) is 0 Å². The van der Waals surface area contributed by atoms with Gasteiger partial charge in [0.15, 0.2) is 0 Å². The standard InChI is InChI=1S/C33H42N4O2/c38-32(36-16-5-2-6-17-36)26-12-10-25(11-13-26)23-34-24-30-21-29-20-27-8-7-9-28(27)22-31(29)37(33(30)39)19-18-35-14-3-1-4-15-35/h10-13,20-22,34H,1-9,14-19,23-24H2. The van der Waals surface area contributed by atoms with Gasteiger partial charge in [0.2, 0.25) is 0 Å². The first-order chi connectivity index (χ1) is 19.2. The van der Waals surface area contributed by atoms with Gasteiger partial charge in [-0.05, 0) is 117 Å². The van der Waals surface area contributed by atoms with Gasteiger partial charge in [-0.15, -0.1) is 0 Å². The molecule has 0 radical (unpaired) electrons. The van der Waals surface area contributed by atoms with Crippen molar-refractivity contribution in [3.05, 3.63) is 80.6 Å². The number of likely N-dealkylation sites (tertiary alicyclic amines) is 2. The SMILES string of the molecule is O=C(c1ccc(CNCc2cc3cc4c(cc3n(CCN3CCCCC3)c2=O)CCC4)cc1)N1CCCCC1. The zero-order valence-electron chi connectivity index (χ0n) is 23.2. The van der Waals surface area contributed by atoms with Crippen LogP contribution in [0.1, 0.15) is 77.6 Å². The summed E-state index contributed by atoms with van der Waals surface area (Å²) in [4.78, 5) is 31.0. The molecule has 2 aliphatic heterocycles. The number of benzene rings is 2. The summed E-state index contributed by atoms with van der Waals surface area (Å²) in [5, 5.41) is 4.69. The van der Waals surface area contributed by atoms with Crippen molar-refractivity contribution >= 4 is 16.8 Å². The molecule has 6 nitrogen and oxygen atoms in total. The maximum absolute atomic E-state index is 13.7. The molecule has 3 aromatic rings. The summed E-state index contributed by atoms with van der Waals surface area (Å²) in [7, 11) is 0. The normalized spacial score (nSPS) is 18.0. The van der Waals surface area contributed by atoms with E-state index in [1.54, 1.807) is 0 Å². The molecule has 6 heteroatoms. The van der Waals surface area contributed by atoms with Gasteiger partial charge >= 0.3 is 0 Å². The molecule has 2 saturated heterocycles. The summed E-state index contributed by atoms with van der Waals surface area (Å²) in [5.41, 5.74) is 6.80. The van der Waals surface area contributed by atoms with Crippen LogP contribution in [0.2, 0.25) is 0 Å². The average Bonchev–Trinajstić information content (AvgIpc) is 3.44. The van der Waals surface area contributed by atoms with Crippen LogP contribution in [0.5, 0.6) is 0 Å². The van der Waals surface area contributed by atoms with Crippen LogP contribution >= 0.6 is 0 Å². The maximum Gasteiger partial charge on any atom is 0.255 e. The Morgan fingerprint density at radius 1 is 0.744 bits per heavy atom. The molecule has 3 aliphatic rings. The highest BCUT2D eigenvalue weighted by Gasteiger charge is 2.19. The second-order valence-corrected chi connectivity index (χ2v) is 11.7. The van der Waals surface area contributed by atoms with Gasteiger partial charge in [0.1, 0.15) is 0 Å². The monoisotopic (exact) mass is 526 g/mol. The molecule has 1 amide bonds. The van der Waals surface area contributed by atoms with Crippen molar-refractivity contribution in [2.75, 3.05) is 32.7 Å². The van der Waals surface area contributed by atoms with E-state index in [0.717, 1.165) is 87.2 Å². The fourth-order valence-corrected chi connectivity index (χ4v) is 6.67. The summed E-state index contributed by atoms with van der Waals surface area (Å²) in [6.07, 6.45) is 10.7. The van der Waals surface area contributed by atoms with Crippen LogP contribution in [-0.4, -0.2) is 53.0 Å². The second kappa shape index (κ2) is 12.1. The molecule has 0 bridgehead atoms. The van der Waals surface area contributed by atoms with Crippen LogP contribution in [0.15, 0.2) is 47.3 Å². The van der Waals surface area contributed by atoms with Crippen molar-refractivity contribution in [3.63, 3.8) is 0 Å². The minimum Gasteiger partial charge on any atom is -0.339 e. The fourth-order valence-electron chi connectivity index (χ4n) is 6.67. The van der Waals surface area contributed by atoms with E-state index < -0.39 is 0 Å². The van der Waals surface area contributed by atoms with Crippen molar-refractivity contribution in [2.24, 2.45) is 0 Å². The molecule has 1 aromatic heterocycles. The van der Waals surface area contributed by atoms with Crippen LogP contribution < -0.4 is 10.9 Å². The maximum atomic E-state index is 13.7. The van der Waals surface area contributed by atoms with Gasteiger partial charge in [0, 0.05) is 50.4 Å². The molecule has 2 aromatic carbocycles. The van der Waals surface area contributed by atoms with Crippen LogP contribution in [0.3, 0.4) is 0 Å². The number of pyridine rings is 1. The number of aromatic nitrogens is 1. The molecule has 3 heterocycles. The molecule has 1 aliphatic carbocycles. The van der Waals surface area contributed by atoms with Gasteiger partial charge in [-0.1, -0.05) is 18.6 Å². The van der Waals surface area contributed by atoms with E-state index in [0.29, 0.717) is 13.1 Å². The zero-order chi connectivity index (χ0) is 26.6. The van der Waals surface area contributed by atoms with Crippen molar-refractivity contribution < 1.29 is 4.79 Å². The average molecular weight is 527 g/mol. The zero-order valence-corrected chi connectivity index (χ0v) is 23.2. The number of hydrogen-bond donors (Lipinski definition) is 1. The number of amides is 1. The Morgan fingerprint density at radius 3 is 2.18 bits per heavy atom. The first-order valence-corrected chi connectivity index (χ1v) is 15.2. The van der Waals surface area contributed by atoms with E-state index in [2.05, 4.69) is 28.4 Å². The smallest absolute Gasteiger partial charge is 0.255 e. The largest absolute Gasteiger partial charge is 0.339 e. The Morgan fingerprint density at radius 2 is 1.44 bits per heavy atom. The molecule has 6 rings (SSSR count). The van der Waals surface area contributed by atoms with E-state index >= 15 is 0 Å². The number of piperidine rings is 2. The number of carbonyl (C=O) groups excluding carboxylic acids is 1. The number of aryl methyl sites for hydroxylation is 2. The Balaban J connectivity index is 1.16. The molecule has 0 saturated carbocycles. The summed E-state index contributed by atoms with van der Waals surface area (Å²) < 4.78 is 2.04. The van der Waals surface area contributed by atoms with Crippen LogP contribution in [0.25, 0.3) is 10.9 Å². The van der Waals surface area contributed by atoms with Crippen molar-refractivity contribution in [2.45, 2.75) is 77.4 Å². The molecule has 2 fully saturated rings. The second-order valence-electron chi connectivity index (χ2n) is 11.7. The number of fused-ring (bicyclic) bond motifs is 2. The van der Waals surface area contributed by atoms with Gasteiger partial charge in [-0.3, -0.25) is 9.59 Å². The van der Waals surface area contributed by atoms with Crippen molar-refractivity contribution in [3.8, 4) is 0 Å². The fraction of sp³-hybridized carbons (Fsp3) is 0.515. The lowest BCUT2D eigenvalue weighted by Crippen LogP contribution is -2.36. The molecular formula is C33H42N4O2. The molecular weight excluding hydrogens is 484 g/mol. The van der Waals surface area contributed by atoms with Gasteiger partial charge in [0.05, 0.1) is 5.52 Å². The Kier molecular flexibility index (Phi) is 8.12. The van der Waals surface area contributed by atoms with E-state index in [9.17, 15) is 9.59 Å². The Hall–Kier alpha value is -2.96. The van der Waals surface area contributed by atoms with Crippen molar-refractivity contribution in [1.82, 2.24) is 19.7 Å². The van der Waals surface area contributed by atoms with Crippen LogP contribution in [0, 0.1) is 0 Å². The molecule has 0 spiro atoms. The minimum absolute atomic E-state index is 0.132. The van der Waals surface area contributed by atoms with E-state index in [1.807, 2.05) is 33.7 Å². The molecule has 0 atom stereocenters. The Bertz CT molecular complexity index is 1370. The lowest BCUT2D eigenvalue weighted by atomic mass is 10.0. The number of rotatable bonds is 8. The van der Waals surface area contributed by atoms with Gasteiger partial charge < -0.3 is 19.7 Å². The van der Waals surface area contributed by atoms with Crippen LogP contribution in [-0.2, 0) is 32.5 Å². The highest BCUT2D eigenvalue weighted by molar-refractivity contribution is 5.94.